The van der Waals surface area contributed by atoms with Gasteiger partial charge in [-0.15, -0.1) is 0 Å². The minimum atomic E-state index is -0.506. The van der Waals surface area contributed by atoms with Gasteiger partial charge in [-0.3, -0.25) is 14.9 Å². The molecule has 0 aliphatic carbocycles. The summed E-state index contributed by atoms with van der Waals surface area (Å²) in [7, 11) is 1.62. The molecular formula is C16H19N3O3. The fourth-order valence-electron chi connectivity index (χ4n) is 2.38. The zero-order chi connectivity index (χ0) is 16.3. The number of rotatable bonds is 5. The number of aromatic nitrogens is 1. The second kappa shape index (κ2) is 6.43. The van der Waals surface area contributed by atoms with Gasteiger partial charge in [0, 0.05) is 13.1 Å². The topological polar surface area (TPSA) is 77.2 Å². The highest BCUT2D eigenvalue weighted by Gasteiger charge is 2.22. The van der Waals surface area contributed by atoms with Crippen LogP contribution in [0.3, 0.4) is 0 Å². The third-order valence-corrected chi connectivity index (χ3v) is 3.55. The van der Waals surface area contributed by atoms with Crippen molar-refractivity contribution in [2.45, 2.75) is 19.9 Å². The lowest BCUT2D eigenvalue weighted by atomic mass is 9.96. The van der Waals surface area contributed by atoms with Gasteiger partial charge < -0.3 is 9.88 Å². The molecule has 0 saturated carbocycles. The highest BCUT2D eigenvalue weighted by atomic mass is 16.6. The molecule has 6 nitrogen and oxygen atoms in total. The van der Waals surface area contributed by atoms with Crippen molar-refractivity contribution in [3.05, 3.63) is 64.0 Å². The fourth-order valence-corrected chi connectivity index (χ4v) is 2.38. The molecule has 0 spiro atoms. The van der Waals surface area contributed by atoms with E-state index in [4.69, 9.17) is 0 Å². The van der Waals surface area contributed by atoms with Crippen LogP contribution in [-0.2, 0) is 7.05 Å². The first-order valence-corrected chi connectivity index (χ1v) is 7.06. The van der Waals surface area contributed by atoms with Gasteiger partial charge in [-0.25, -0.2) is 0 Å². The second-order valence-electron chi connectivity index (χ2n) is 5.56. The highest BCUT2D eigenvalue weighted by Crippen LogP contribution is 2.23. The lowest BCUT2D eigenvalue weighted by Crippen LogP contribution is -2.32. The predicted octanol–water partition coefficient (Wildman–Crippen LogP) is 3.06. The Labute approximate surface area is 128 Å². The lowest BCUT2D eigenvalue weighted by molar-refractivity contribution is -0.384. The van der Waals surface area contributed by atoms with Gasteiger partial charge in [0.15, 0.2) is 0 Å². The maximum absolute atomic E-state index is 12.4. The van der Waals surface area contributed by atoms with Crippen LogP contribution in [0.15, 0.2) is 42.6 Å². The van der Waals surface area contributed by atoms with Gasteiger partial charge in [-0.05, 0) is 11.5 Å². The molecule has 2 rings (SSSR count). The smallest absolute Gasteiger partial charge is 0.287 e. The minimum absolute atomic E-state index is 0.0894. The molecule has 1 atom stereocenters. The van der Waals surface area contributed by atoms with Crippen molar-refractivity contribution in [1.29, 1.82) is 0 Å². The zero-order valence-electron chi connectivity index (χ0n) is 12.8. The number of nitro groups is 1. The summed E-state index contributed by atoms with van der Waals surface area (Å²) in [5.41, 5.74) is 1.19. The zero-order valence-corrected chi connectivity index (χ0v) is 12.8. The Bertz CT molecular complexity index is 677. The molecule has 1 aromatic heterocycles. The van der Waals surface area contributed by atoms with E-state index in [1.54, 1.807) is 7.05 Å². The summed E-state index contributed by atoms with van der Waals surface area (Å²) >= 11 is 0. The standard InChI is InChI=1S/C16H19N3O3/c1-11(2)15(12-7-5-4-6-8-12)17-16(20)14-9-13(19(21)22)10-18(14)3/h4-11,15H,1-3H3,(H,17,20). The van der Waals surface area contributed by atoms with E-state index < -0.39 is 4.92 Å². The first-order valence-electron chi connectivity index (χ1n) is 7.06. The van der Waals surface area contributed by atoms with Crippen molar-refractivity contribution < 1.29 is 9.72 Å². The summed E-state index contributed by atoms with van der Waals surface area (Å²) in [5, 5.41) is 13.8. The number of amides is 1. The summed E-state index contributed by atoms with van der Waals surface area (Å²) in [4.78, 5) is 22.7. The number of hydrogen-bond acceptors (Lipinski definition) is 3. The van der Waals surface area contributed by atoms with E-state index in [2.05, 4.69) is 5.32 Å². The molecule has 0 bridgehead atoms. The Morgan fingerprint density at radius 2 is 1.91 bits per heavy atom. The molecule has 2 aromatic rings. The van der Waals surface area contributed by atoms with Gasteiger partial charge in [0.2, 0.25) is 0 Å². The molecule has 22 heavy (non-hydrogen) atoms. The third-order valence-electron chi connectivity index (χ3n) is 3.55. The van der Waals surface area contributed by atoms with Gasteiger partial charge in [-0.2, -0.15) is 0 Å². The Hall–Kier alpha value is -2.63. The monoisotopic (exact) mass is 301 g/mol. The van der Waals surface area contributed by atoms with Crippen LogP contribution >= 0.6 is 0 Å². The van der Waals surface area contributed by atoms with Crippen molar-refractivity contribution in [2.24, 2.45) is 13.0 Å². The molecule has 1 amide bonds. The number of carbonyl (C=O) groups is 1. The van der Waals surface area contributed by atoms with Crippen LogP contribution in [0.25, 0.3) is 0 Å². The molecule has 1 aromatic carbocycles. The number of carbonyl (C=O) groups excluding carboxylic acids is 1. The summed E-state index contributed by atoms with van der Waals surface area (Å²) in [5.74, 6) is -0.125. The first kappa shape index (κ1) is 15.8. The molecule has 0 saturated heterocycles. The fraction of sp³-hybridized carbons (Fsp3) is 0.312. The summed E-state index contributed by atoms with van der Waals surface area (Å²) in [6, 6.07) is 10.8. The maximum atomic E-state index is 12.4. The van der Waals surface area contributed by atoms with Crippen molar-refractivity contribution in [1.82, 2.24) is 9.88 Å². The SMILES string of the molecule is CC(C)C(NC(=O)c1cc([N+](=O)[O-])cn1C)c1ccccc1. The molecule has 116 valence electrons. The predicted molar refractivity (Wildman–Crippen MR) is 83.6 cm³/mol. The van der Waals surface area contributed by atoms with Crippen LogP contribution in [0.4, 0.5) is 5.69 Å². The van der Waals surface area contributed by atoms with Crippen LogP contribution < -0.4 is 5.32 Å². The van der Waals surface area contributed by atoms with Crippen molar-refractivity contribution in [3.63, 3.8) is 0 Å². The molecule has 1 heterocycles. The van der Waals surface area contributed by atoms with Gasteiger partial charge in [0.05, 0.1) is 17.2 Å². The second-order valence-corrected chi connectivity index (χ2v) is 5.56. The largest absolute Gasteiger partial charge is 0.344 e. The summed E-state index contributed by atoms with van der Waals surface area (Å²) < 4.78 is 1.47. The van der Waals surface area contributed by atoms with Crippen LogP contribution in [0.5, 0.6) is 0 Å². The van der Waals surface area contributed by atoms with Crippen molar-refractivity contribution >= 4 is 11.6 Å². The molecule has 0 radical (unpaired) electrons. The van der Waals surface area contributed by atoms with Crippen molar-refractivity contribution in [2.75, 3.05) is 0 Å². The van der Waals surface area contributed by atoms with Crippen LogP contribution in [0.1, 0.15) is 35.9 Å². The summed E-state index contributed by atoms with van der Waals surface area (Å²) in [6.45, 7) is 4.04. The average molecular weight is 301 g/mol. The number of nitrogens with one attached hydrogen (secondary N) is 1. The maximum Gasteiger partial charge on any atom is 0.287 e. The molecule has 6 heteroatoms. The Balaban J connectivity index is 2.24. The van der Waals surface area contributed by atoms with E-state index in [0.717, 1.165) is 5.56 Å². The Morgan fingerprint density at radius 3 is 2.41 bits per heavy atom. The van der Waals surface area contributed by atoms with Gasteiger partial charge in [0.1, 0.15) is 5.69 Å². The van der Waals surface area contributed by atoms with E-state index in [0.29, 0.717) is 0 Å². The molecule has 1 unspecified atom stereocenters. The van der Waals surface area contributed by atoms with Gasteiger partial charge in [-0.1, -0.05) is 44.2 Å². The van der Waals surface area contributed by atoms with E-state index in [-0.39, 0.29) is 29.2 Å². The van der Waals surface area contributed by atoms with Crippen LogP contribution in [-0.4, -0.2) is 15.4 Å². The normalized spacial score (nSPS) is 12.2. The first-order chi connectivity index (χ1) is 10.4. The molecule has 0 aliphatic heterocycles. The summed E-state index contributed by atoms with van der Waals surface area (Å²) in [6.07, 6.45) is 1.34. The van der Waals surface area contributed by atoms with E-state index in [9.17, 15) is 14.9 Å². The molecule has 0 fully saturated rings. The minimum Gasteiger partial charge on any atom is -0.344 e. The van der Waals surface area contributed by atoms with E-state index in [1.165, 1.54) is 16.8 Å². The Morgan fingerprint density at radius 1 is 1.27 bits per heavy atom. The van der Waals surface area contributed by atoms with Crippen molar-refractivity contribution in [3.8, 4) is 0 Å². The lowest BCUT2D eigenvalue weighted by Gasteiger charge is -2.23. The molecule has 1 N–H and O–H groups in total. The number of benzene rings is 1. The third kappa shape index (κ3) is 3.33. The Kier molecular flexibility index (Phi) is 4.60. The van der Waals surface area contributed by atoms with Gasteiger partial charge >= 0.3 is 0 Å². The van der Waals surface area contributed by atoms with Gasteiger partial charge in [0.25, 0.3) is 11.6 Å². The van der Waals surface area contributed by atoms with Crippen LogP contribution in [0.2, 0.25) is 0 Å². The average Bonchev–Trinajstić information content (AvgIpc) is 2.87. The number of hydrogen-bond donors (Lipinski definition) is 1. The number of aryl methyl sites for hydroxylation is 1. The molecule has 0 aliphatic rings. The van der Waals surface area contributed by atoms with Crippen LogP contribution in [0, 0.1) is 16.0 Å². The number of nitrogens with zero attached hydrogens (tertiary/aromatic N) is 2. The van der Waals surface area contributed by atoms with E-state index >= 15 is 0 Å². The molecular weight excluding hydrogens is 282 g/mol. The quantitative estimate of drug-likeness (QED) is 0.681. The van der Waals surface area contributed by atoms with E-state index in [1.807, 2.05) is 44.2 Å². The highest BCUT2D eigenvalue weighted by molar-refractivity contribution is 5.93.